The zero-order chi connectivity index (χ0) is 21.3. The van der Waals surface area contributed by atoms with E-state index in [2.05, 4.69) is 4.74 Å². The number of methoxy groups -OCH3 is 1. The van der Waals surface area contributed by atoms with Gasteiger partial charge >= 0.3 is 5.97 Å². The first-order valence-electron chi connectivity index (χ1n) is 8.85. The Bertz CT molecular complexity index is 1160. The van der Waals surface area contributed by atoms with Crippen LogP contribution in [-0.4, -0.2) is 38.8 Å². The molecule has 1 aliphatic rings. The maximum Gasteiger partial charge on any atom is 0.373 e. The molecular weight excluding hydrogens is 408 g/mol. The minimum atomic E-state index is -0.634. The molecule has 2 amide bonds. The molecule has 0 aliphatic carbocycles. The van der Waals surface area contributed by atoms with Crippen LogP contribution in [0.4, 0.5) is 4.79 Å². The highest BCUT2D eigenvalue weighted by atomic mass is 32.2. The average Bonchev–Trinajstić information content (AvgIpc) is 3.45. The molecule has 30 heavy (non-hydrogen) atoms. The molecule has 3 heterocycles. The number of benzene rings is 1. The summed E-state index contributed by atoms with van der Waals surface area (Å²) in [5, 5.41) is 9.04. The topological polar surface area (TPSA) is 102 Å². The SMILES string of the molecule is COC(=O)c1ccc(CN2C(=O)S/C(=C/c3cccn3-c3ccc(O)cc3)C2=O)o1. The zero-order valence-electron chi connectivity index (χ0n) is 15.8. The summed E-state index contributed by atoms with van der Waals surface area (Å²) in [7, 11) is 1.24. The maximum atomic E-state index is 12.8. The number of hydrogen-bond donors (Lipinski definition) is 1. The number of phenols is 1. The van der Waals surface area contributed by atoms with E-state index in [4.69, 9.17) is 4.42 Å². The first kappa shape index (κ1) is 19.6. The van der Waals surface area contributed by atoms with E-state index in [1.165, 1.54) is 19.2 Å². The summed E-state index contributed by atoms with van der Waals surface area (Å²) in [5.74, 6) is -0.625. The van der Waals surface area contributed by atoms with Gasteiger partial charge in [-0.2, -0.15) is 0 Å². The van der Waals surface area contributed by atoms with E-state index in [1.807, 2.05) is 22.9 Å². The van der Waals surface area contributed by atoms with Gasteiger partial charge in [0.25, 0.3) is 11.1 Å². The quantitative estimate of drug-likeness (QED) is 0.491. The van der Waals surface area contributed by atoms with Crippen molar-refractivity contribution in [2.45, 2.75) is 6.54 Å². The summed E-state index contributed by atoms with van der Waals surface area (Å²) in [6, 6.07) is 13.2. The standard InChI is InChI=1S/C21H16N2O6S/c1-28-20(26)17-9-8-16(29-17)12-23-19(25)18(30-21(23)27)11-14-3-2-10-22(14)13-4-6-15(24)7-5-13/h2-11,24H,12H2,1H3/b18-11+. The zero-order valence-corrected chi connectivity index (χ0v) is 16.6. The second-order valence-electron chi connectivity index (χ2n) is 6.34. The van der Waals surface area contributed by atoms with Crippen molar-refractivity contribution in [2.75, 3.05) is 7.11 Å². The molecule has 4 rings (SSSR count). The molecule has 1 N–H and O–H groups in total. The van der Waals surface area contributed by atoms with Crippen molar-refractivity contribution in [3.8, 4) is 11.4 Å². The number of nitrogens with zero attached hydrogens (tertiary/aromatic N) is 2. The number of hydrogen-bond acceptors (Lipinski definition) is 7. The third kappa shape index (κ3) is 3.74. The fourth-order valence-electron chi connectivity index (χ4n) is 2.96. The molecular formula is C21H16N2O6S. The Morgan fingerprint density at radius 3 is 2.67 bits per heavy atom. The molecule has 0 radical (unpaired) electrons. The van der Waals surface area contributed by atoms with Gasteiger partial charge in [0.05, 0.1) is 18.6 Å². The highest BCUT2D eigenvalue weighted by molar-refractivity contribution is 8.18. The van der Waals surface area contributed by atoms with Crippen LogP contribution in [0.25, 0.3) is 11.8 Å². The van der Waals surface area contributed by atoms with E-state index in [-0.39, 0.29) is 23.0 Å². The predicted octanol–water partition coefficient (Wildman–Crippen LogP) is 3.80. The second-order valence-corrected chi connectivity index (χ2v) is 7.34. The van der Waals surface area contributed by atoms with Crippen LogP contribution >= 0.6 is 11.8 Å². The Morgan fingerprint density at radius 2 is 1.93 bits per heavy atom. The van der Waals surface area contributed by atoms with Crippen LogP contribution in [0.3, 0.4) is 0 Å². The highest BCUT2D eigenvalue weighted by Gasteiger charge is 2.36. The monoisotopic (exact) mass is 424 g/mol. The van der Waals surface area contributed by atoms with Crippen LogP contribution in [-0.2, 0) is 16.1 Å². The lowest BCUT2D eigenvalue weighted by Crippen LogP contribution is -2.27. The summed E-state index contributed by atoms with van der Waals surface area (Å²) in [6.07, 6.45) is 3.46. The molecule has 152 valence electrons. The van der Waals surface area contributed by atoms with Crippen molar-refractivity contribution in [1.29, 1.82) is 0 Å². The number of thioether (sulfide) groups is 1. The molecule has 9 heteroatoms. The van der Waals surface area contributed by atoms with E-state index in [9.17, 15) is 19.5 Å². The fourth-order valence-corrected chi connectivity index (χ4v) is 3.78. The number of carbonyl (C=O) groups is 3. The molecule has 2 aromatic heterocycles. The number of esters is 1. The van der Waals surface area contributed by atoms with Crippen molar-refractivity contribution in [3.63, 3.8) is 0 Å². The summed E-state index contributed by atoms with van der Waals surface area (Å²) in [5.41, 5.74) is 1.51. The molecule has 0 unspecified atom stereocenters. The van der Waals surface area contributed by atoms with E-state index < -0.39 is 17.1 Å². The first-order valence-corrected chi connectivity index (χ1v) is 9.67. The van der Waals surface area contributed by atoms with E-state index in [0.717, 1.165) is 22.3 Å². The summed E-state index contributed by atoms with van der Waals surface area (Å²) < 4.78 is 11.8. The van der Waals surface area contributed by atoms with Crippen LogP contribution < -0.4 is 0 Å². The van der Waals surface area contributed by atoms with Crippen LogP contribution in [0.1, 0.15) is 22.0 Å². The van der Waals surface area contributed by atoms with Gasteiger partial charge in [0.15, 0.2) is 0 Å². The van der Waals surface area contributed by atoms with Crippen molar-refractivity contribution in [1.82, 2.24) is 9.47 Å². The van der Waals surface area contributed by atoms with Gasteiger partial charge < -0.3 is 18.8 Å². The molecule has 0 atom stereocenters. The van der Waals surface area contributed by atoms with Gasteiger partial charge in [-0.15, -0.1) is 0 Å². The van der Waals surface area contributed by atoms with Crippen molar-refractivity contribution in [3.05, 3.63) is 76.8 Å². The van der Waals surface area contributed by atoms with Crippen LogP contribution in [0.5, 0.6) is 5.75 Å². The lowest BCUT2D eigenvalue weighted by Gasteiger charge is -2.10. The Hall–Kier alpha value is -3.72. The summed E-state index contributed by atoms with van der Waals surface area (Å²) >= 11 is 0.835. The minimum absolute atomic E-state index is 0.00161. The number of aromatic hydroxyl groups is 1. The number of ether oxygens (including phenoxy) is 1. The Kier molecular flexibility index (Phi) is 5.20. The molecule has 0 saturated carbocycles. The Morgan fingerprint density at radius 1 is 1.17 bits per heavy atom. The molecule has 0 bridgehead atoms. The number of amides is 2. The first-order chi connectivity index (χ1) is 14.5. The van der Waals surface area contributed by atoms with Gasteiger partial charge in [-0.3, -0.25) is 14.5 Å². The van der Waals surface area contributed by atoms with Gasteiger partial charge in [-0.05, 0) is 66.4 Å². The Balaban J connectivity index is 1.55. The van der Waals surface area contributed by atoms with Gasteiger partial charge in [0.2, 0.25) is 5.76 Å². The molecule has 8 nitrogen and oxygen atoms in total. The number of phenolic OH excluding ortho intramolecular Hbond substituents is 1. The molecule has 1 aliphatic heterocycles. The molecule has 0 spiro atoms. The number of furan rings is 1. The number of aromatic nitrogens is 1. The van der Waals surface area contributed by atoms with E-state index in [1.54, 1.807) is 30.3 Å². The van der Waals surface area contributed by atoms with Gasteiger partial charge in [-0.25, -0.2) is 4.79 Å². The molecule has 1 fully saturated rings. The van der Waals surface area contributed by atoms with Crippen LogP contribution in [0.15, 0.2) is 64.1 Å². The molecule has 1 saturated heterocycles. The minimum Gasteiger partial charge on any atom is -0.508 e. The lowest BCUT2D eigenvalue weighted by molar-refractivity contribution is -0.123. The normalized spacial score (nSPS) is 15.2. The summed E-state index contributed by atoms with van der Waals surface area (Å²) in [6.45, 7) is -0.0853. The van der Waals surface area contributed by atoms with E-state index >= 15 is 0 Å². The van der Waals surface area contributed by atoms with Crippen LogP contribution in [0, 0.1) is 0 Å². The van der Waals surface area contributed by atoms with Gasteiger partial charge in [-0.1, -0.05) is 0 Å². The van der Waals surface area contributed by atoms with E-state index in [0.29, 0.717) is 11.5 Å². The maximum absolute atomic E-state index is 12.8. The second kappa shape index (κ2) is 7.96. The lowest BCUT2D eigenvalue weighted by atomic mass is 10.3. The average molecular weight is 424 g/mol. The molecule has 1 aromatic carbocycles. The number of rotatable bonds is 5. The highest BCUT2D eigenvalue weighted by Crippen LogP contribution is 2.34. The van der Waals surface area contributed by atoms with Crippen molar-refractivity contribution < 1.29 is 28.6 Å². The smallest absolute Gasteiger partial charge is 0.373 e. The fraction of sp³-hybridized carbons (Fsp3) is 0.0952. The van der Waals surface area contributed by atoms with Crippen molar-refractivity contribution >= 4 is 35.0 Å². The number of carbonyl (C=O) groups excluding carboxylic acids is 3. The third-order valence-corrected chi connectivity index (χ3v) is 5.33. The Labute approximate surface area is 175 Å². The van der Waals surface area contributed by atoms with Gasteiger partial charge in [0.1, 0.15) is 11.5 Å². The van der Waals surface area contributed by atoms with Gasteiger partial charge in [0, 0.05) is 17.6 Å². The predicted molar refractivity (Wildman–Crippen MR) is 109 cm³/mol. The number of imide groups is 1. The van der Waals surface area contributed by atoms with Crippen LogP contribution in [0.2, 0.25) is 0 Å². The van der Waals surface area contributed by atoms with Crippen molar-refractivity contribution in [2.24, 2.45) is 0 Å². The largest absolute Gasteiger partial charge is 0.508 e. The summed E-state index contributed by atoms with van der Waals surface area (Å²) in [4.78, 5) is 38.0. The molecule has 3 aromatic rings. The third-order valence-electron chi connectivity index (χ3n) is 4.42.